The second-order valence-electron chi connectivity index (χ2n) is 7.64. The second kappa shape index (κ2) is 7.77. The lowest BCUT2D eigenvalue weighted by Crippen LogP contribution is -2.40. The van der Waals surface area contributed by atoms with Gasteiger partial charge in [-0.3, -0.25) is 9.20 Å². The van der Waals surface area contributed by atoms with Crippen molar-refractivity contribution in [1.82, 2.24) is 24.7 Å². The van der Waals surface area contributed by atoms with Crippen LogP contribution in [0.25, 0.3) is 16.9 Å². The Labute approximate surface area is 182 Å². The number of halogens is 2. The van der Waals surface area contributed by atoms with Crippen molar-refractivity contribution in [2.75, 3.05) is 13.1 Å². The molecule has 0 N–H and O–H groups in total. The molecule has 1 aromatic carbocycles. The van der Waals surface area contributed by atoms with Gasteiger partial charge in [-0.25, -0.2) is 4.39 Å². The normalized spacial score (nSPS) is 16.7. The van der Waals surface area contributed by atoms with Gasteiger partial charge in [-0.15, -0.1) is 10.2 Å². The van der Waals surface area contributed by atoms with Gasteiger partial charge in [0.05, 0.1) is 10.6 Å². The molecule has 0 radical (unpaired) electrons. The number of nitrogens with zero attached hydrogens (tertiary/aromatic N) is 5. The van der Waals surface area contributed by atoms with Gasteiger partial charge in [0.15, 0.2) is 5.65 Å². The van der Waals surface area contributed by atoms with E-state index in [1.165, 1.54) is 12.1 Å². The molecule has 1 fully saturated rings. The van der Waals surface area contributed by atoms with Crippen LogP contribution in [0.5, 0.6) is 0 Å². The van der Waals surface area contributed by atoms with Crippen molar-refractivity contribution in [3.8, 4) is 11.3 Å². The van der Waals surface area contributed by atoms with Crippen molar-refractivity contribution in [2.45, 2.75) is 25.7 Å². The van der Waals surface area contributed by atoms with Crippen LogP contribution in [0.2, 0.25) is 5.02 Å². The number of benzene rings is 1. The van der Waals surface area contributed by atoms with Crippen LogP contribution in [-0.4, -0.2) is 43.7 Å². The highest BCUT2D eigenvalue weighted by Gasteiger charge is 2.33. The van der Waals surface area contributed by atoms with Gasteiger partial charge in [-0.05, 0) is 44.0 Å². The summed E-state index contributed by atoms with van der Waals surface area (Å²) in [5.41, 5.74) is 1.20. The highest BCUT2D eigenvalue weighted by atomic mass is 35.5. The molecule has 31 heavy (non-hydrogen) atoms. The lowest BCUT2D eigenvalue weighted by atomic mass is 9.96. The third kappa shape index (κ3) is 3.37. The maximum Gasteiger partial charge on any atom is 0.259 e. The second-order valence-corrected chi connectivity index (χ2v) is 8.04. The van der Waals surface area contributed by atoms with Gasteiger partial charge in [0.2, 0.25) is 0 Å². The van der Waals surface area contributed by atoms with E-state index in [9.17, 15) is 9.18 Å². The number of fused-ring (bicyclic) bond motifs is 1. The predicted octanol–water partition coefficient (Wildman–Crippen LogP) is 4.51. The van der Waals surface area contributed by atoms with Crippen LogP contribution in [0.15, 0.2) is 47.1 Å². The van der Waals surface area contributed by atoms with Gasteiger partial charge >= 0.3 is 0 Å². The van der Waals surface area contributed by atoms with Crippen molar-refractivity contribution >= 4 is 23.2 Å². The first kappa shape index (κ1) is 19.7. The predicted molar refractivity (Wildman–Crippen MR) is 113 cm³/mol. The van der Waals surface area contributed by atoms with Gasteiger partial charge in [-0.2, -0.15) is 0 Å². The largest absolute Gasteiger partial charge is 0.360 e. The smallest absolute Gasteiger partial charge is 0.259 e. The molecule has 5 rings (SSSR count). The average molecular weight is 440 g/mol. The van der Waals surface area contributed by atoms with Crippen LogP contribution < -0.4 is 0 Å². The van der Waals surface area contributed by atoms with Crippen molar-refractivity contribution in [1.29, 1.82) is 0 Å². The minimum atomic E-state index is -0.554. The molecule has 1 saturated heterocycles. The van der Waals surface area contributed by atoms with E-state index in [4.69, 9.17) is 16.1 Å². The summed E-state index contributed by atoms with van der Waals surface area (Å²) in [6.45, 7) is 2.71. The Balaban J connectivity index is 1.48. The Morgan fingerprint density at radius 2 is 2.10 bits per heavy atom. The third-order valence-corrected chi connectivity index (χ3v) is 6.00. The van der Waals surface area contributed by atoms with Crippen LogP contribution in [0.4, 0.5) is 4.39 Å². The molecule has 3 aromatic heterocycles. The zero-order chi connectivity index (χ0) is 21.5. The number of aromatic nitrogens is 4. The summed E-state index contributed by atoms with van der Waals surface area (Å²) in [7, 11) is 0. The van der Waals surface area contributed by atoms with Crippen molar-refractivity contribution < 1.29 is 13.7 Å². The molecule has 1 aliphatic rings. The molecule has 0 bridgehead atoms. The fourth-order valence-corrected chi connectivity index (χ4v) is 4.44. The van der Waals surface area contributed by atoms with Crippen LogP contribution in [0.1, 0.15) is 40.7 Å². The molecule has 7 nitrogen and oxygen atoms in total. The quantitative estimate of drug-likeness (QED) is 0.469. The Morgan fingerprint density at radius 3 is 2.94 bits per heavy atom. The molecule has 1 atom stereocenters. The first-order valence-corrected chi connectivity index (χ1v) is 10.4. The van der Waals surface area contributed by atoms with E-state index in [0.717, 1.165) is 24.3 Å². The fraction of sp³-hybridized carbons (Fsp3) is 0.273. The summed E-state index contributed by atoms with van der Waals surface area (Å²) in [6, 6.07) is 10.1. The SMILES string of the molecule is Cc1onc(-c2c(F)cccc2Cl)c1C(=O)N1CCCC(c2nnc3ccccn23)C1. The van der Waals surface area contributed by atoms with Crippen molar-refractivity contribution in [3.63, 3.8) is 0 Å². The highest BCUT2D eigenvalue weighted by Crippen LogP contribution is 2.35. The number of piperidine rings is 1. The summed E-state index contributed by atoms with van der Waals surface area (Å²) >= 11 is 6.22. The van der Waals surface area contributed by atoms with E-state index in [0.29, 0.717) is 18.8 Å². The van der Waals surface area contributed by atoms with E-state index in [1.807, 2.05) is 28.8 Å². The van der Waals surface area contributed by atoms with E-state index >= 15 is 0 Å². The Hall–Kier alpha value is -3.26. The Kier molecular flexibility index (Phi) is 4.94. The zero-order valence-corrected chi connectivity index (χ0v) is 17.5. The molecule has 9 heteroatoms. The monoisotopic (exact) mass is 439 g/mol. The van der Waals surface area contributed by atoms with E-state index < -0.39 is 5.82 Å². The molecule has 0 spiro atoms. The number of aryl methyl sites for hydroxylation is 1. The van der Waals surface area contributed by atoms with Gasteiger partial charge < -0.3 is 9.42 Å². The number of pyridine rings is 1. The first-order chi connectivity index (χ1) is 15.0. The Bertz CT molecular complexity index is 1260. The van der Waals surface area contributed by atoms with Gasteiger partial charge in [0.25, 0.3) is 5.91 Å². The zero-order valence-electron chi connectivity index (χ0n) is 16.8. The Morgan fingerprint density at radius 1 is 1.23 bits per heavy atom. The topological polar surface area (TPSA) is 76.5 Å². The van der Waals surface area contributed by atoms with Gasteiger partial charge in [-0.1, -0.05) is 28.9 Å². The number of hydrogen-bond donors (Lipinski definition) is 0. The van der Waals surface area contributed by atoms with Crippen molar-refractivity contribution in [2.24, 2.45) is 0 Å². The van der Waals surface area contributed by atoms with Gasteiger partial charge in [0.1, 0.15) is 28.7 Å². The van der Waals surface area contributed by atoms with E-state index in [1.54, 1.807) is 17.9 Å². The highest BCUT2D eigenvalue weighted by molar-refractivity contribution is 6.33. The lowest BCUT2D eigenvalue weighted by Gasteiger charge is -2.32. The van der Waals surface area contributed by atoms with Crippen LogP contribution in [0.3, 0.4) is 0 Å². The number of carbonyl (C=O) groups excluding carboxylic acids is 1. The molecule has 4 heterocycles. The maximum atomic E-state index is 14.5. The van der Waals surface area contributed by atoms with Crippen LogP contribution in [0, 0.1) is 12.7 Å². The summed E-state index contributed by atoms with van der Waals surface area (Å²) in [4.78, 5) is 15.2. The summed E-state index contributed by atoms with van der Waals surface area (Å²) in [5.74, 6) is 0.380. The van der Waals surface area contributed by atoms with Crippen LogP contribution in [-0.2, 0) is 0 Å². The molecule has 0 saturated carbocycles. The first-order valence-electron chi connectivity index (χ1n) is 10.0. The molecule has 1 unspecified atom stereocenters. The fourth-order valence-electron chi connectivity index (χ4n) is 4.19. The molecular weight excluding hydrogens is 421 g/mol. The number of amides is 1. The lowest BCUT2D eigenvalue weighted by molar-refractivity contribution is 0.0703. The number of likely N-dealkylation sites (tertiary alicyclic amines) is 1. The molecule has 1 amide bonds. The van der Waals surface area contributed by atoms with Crippen LogP contribution >= 0.6 is 11.6 Å². The molecule has 1 aliphatic heterocycles. The summed E-state index contributed by atoms with van der Waals surface area (Å²) < 4.78 is 21.8. The maximum absolute atomic E-state index is 14.5. The number of rotatable bonds is 3. The average Bonchev–Trinajstić information content (AvgIpc) is 3.37. The number of carbonyl (C=O) groups is 1. The van der Waals surface area contributed by atoms with E-state index in [-0.39, 0.29) is 33.7 Å². The van der Waals surface area contributed by atoms with Crippen molar-refractivity contribution in [3.05, 3.63) is 70.6 Å². The number of hydrogen-bond acceptors (Lipinski definition) is 5. The minimum absolute atomic E-state index is 0.0377. The standard InChI is InChI=1S/C22H19ClFN5O2/c1-13-18(20(27-31-13)19-15(23)7-4-8-16(19)24)22(30)28-10-5-6-14(12-28)21-26-25-17-9-2-3-11-29(17)21/h2-4,7-9,11,14H,5-6,10,12H2,1H3. The molecule has 158 valence electrons. The minimum Gasteiger partial charge on any atom is -0.360 e. The summed E-state index contributed by atoms with van der Waals surface area (Å²) in [6.07, 6.45) is 3.64. The third-order valence-electron chi connectivity index (χ3n) is 5.69. The molecule has 0 aliphatic carbocycles. The molecular formula is C22H19ClFN5O2. The van der Waals surface area contributed by atoms with Gasteiger partial charge in [0, 0.05) is 25.2 Å². The van der Waals surface area contributed by atoms with E-state index in [2.05, 4.69) is 15.4 Å². The summed E-state index contributed by atoms with van der Waals surface area (Å²) in [5, 5.41) is 12.7. The molecule has 4 aromatic rings.